The number of carbonyl (C=O) groups is 1. The molecule has 0 bridgehead atoms. The summed E-state index contributed by atoms with van der Waals surface area (Å²) in [5, 5.41) is 15.6. The van der Waals surface area contributed by atoms with E-state index >= 15 is 0 Å². The van der Waals surface area contributed by atoms with Gasteiger partial charge in [0.1, 0.15) is 6.33 Å². The average molecular weight is 387 g/mol. The standard InChI is InChI=1S/C18H21N5O3S/c1-22-13-20-21-18(22)27(25,26)16-8-10-23(11-9-16)17(24)7-6-14-2-4-15(12-19)5-3-14/h2-5,13,16H,6-11H2,1H3. The number of amides is 1. The van der Waals surface area contributed by atoms with Crippen LogP contribution in [-0.4, -0.2) is 52.3 Å². The number of nitrogens with zero attached hydrogens (tertiary/aromatic N) is 5. The quantitative estimate of drug-likeness (QED) is 0.759. The normalized spacial score (nSPS) is 15.5. The van der Waals surface area contributed by atoms with Gasteiger partial charge in [0.15, 0.2) is 0 Å². The number of benzene rings is 1. The van der Waals surface area contributed by atoms with Crippen LogP contribution in [0, 0.1) is 11.3 Å². The maximum absolute atomic E-state index is 12.7. The number of aryl methyl sites for hydroxylation is 2. The molecule has 1 fully saturated rings. The zero-order chi connectivity index (χ0) is 19.4. The Labute approximate surface area is 158 Å². The molecule has 1 aliphatic heterocycles. The fourth-order valence-electron chi connectivity index (χ4n) is 3.25. The fourth-order valence-corrected chi connectivity index (χ4v) is 4.99. The lowest BCUT2D eigenvalue weighted by Gasteiger charge is -2.31. The zero-order valence-electron chi connectivity index (χ0n) is 15.1. The highest BCUT2D eigenvalue weighted by Crippen LogP contribution is 2.23. The molecule has 1 aliphatic rings. The fraction of sp³-hybridized carbons (Fsp3) is 0.444. The van der Waals surface area contributed by atoms with Gasteiger partial charge in [-0.15, -0.1) is 10.2 Å². The zero-order valence-corrected chi connectivity index (χ0v) is 15.9. The third kappa shape index (κ3) is 4.17. The van der Waals surface area contributed by atoms with Gasteiger partial charge in [-0.3, -0.25) is 4.79 Å². The van der Waals surface area contributed by atoms with Crippen LogP contribution < -0.4 is 0 Å². The van der Waals surface area contributed by atoms with Crippen molar-refractivity contribution in [3.05, 3.63) is 41.7 Å². The highest BCUT2D eigenvalue weighted by molar-refractivity contribution is 7.91. The third-order valence-electron chi connectivity index (χ3n) is 4.87. The summed E-state index contributed by atoms with van der Waals surface area (Å²) < 4.78 is 26.7. The van der Waals surface area contributed by atoms with Gasteiger partial charge in [0.25, 0.3) is 0 Å². The Morgan fingerprint density at radius 1 is 1.26 bits per heavy atom. The van der Waals surface area contributed by atoms with Crippen LogP contribution >= 0.6 is 0 Å². The summed E-state index contributed by atoms with van der Waals surface area (Å²) in [6.07, 6.45) is 3.14. The van der Waals surface area contributed by atoms with Gasteiger partial charge in [-0.1, -0.05) is 12.1 Å². The summed E-state index contributed by atoms with van der Waals surface area (Å²) in [6.45, 7) is 0.849. The van der Waals surface area contributed by atoms with Gasteiger partial charge in [0, 0.05) is 26.6 Å². The van der Waals surface area contributed by atoms with E-state index in [9.17, 15) is 13.2 Å². The molecule has 142 valence electrons. The smallest absolute Gasteiger partial charge is 0.249 e. The Balaban J connectivity index is 1.53. The van der Waals surface area contributed by atoms with Gasteiger partial charge < -0.3 is 9.47 Å². The van der Waals surface area contributed by atoms with E-state index in [0.29, 0.717) is 44.3 Å². The Kier molecular flexibility index (Phi) is 5.56. The molecule has 1 amide bonds. The molecule has 27 heavy (non-hydrogen) atoms. The van der Waals surface area contributed by atoms with Gasteiger partial charge in [-0.25, -0.2) is 8.42 Å². The minimum absolute atomic E-state index is 0.0203. The van der Waals surface area contributed by atoms with E-state index in [1.165, 1.54) is 10.9 Å². The van der Waals surface area contributed by atoms with Crippen molar-refractivity contribution in [3.63, 3.8) is 0 Å². The van der Waals surface area contributed by atoms with Crippen molar-refractivity contribution >= 4 is 15.7 Å². The van der Waals surface area contributed by atoms with Gasteiger partial charge in [0.2, 0.25) is 20.9 Å². The molecule has 0 N–H and O–H groups in total. The number of rotatable bonds is 5. The molecule has 3 rings (SSSR count). The van der Waals surface area contributed by atoms with E-state index in [4.69, 9.17) is 5.26 Å². The second-order valence-corrected chi connectivity index (χ2v) is 8.78. The predicted octanol–water partition coefficient (Wildman–Crippen LogP) is 1.08. The Morgan fingerprint density at radius 3 is 2.48 bits per heavy atom. The lowest BCUT2D eigenvalue weighted by Crippen LogP contribution is -2.43. The summed E-state index contributed by atoms with van der Waals surface area (Å²) in [5.74, 6) is 0.0221. The molecular weight excluding hydrogens is 366 g/mol. The van der Waals surface area contributed by atoms with Crippen LogP contribution in [0.25, 0.3) is 0 Å². The largest absolute Gasteiger partial charge is 0.343 e. The Morgan fingerprint density at radius 2 is 1.93 bits per heavy atom. The van der Waals surface area contributed by atoms with E-state index in [1.54, 1.807) is 24.1 Å². The van der Waals surface area contributed by atoms with Crippen LogP contribution in [0.1, 0.15) is 30.4 Å². The van der Waals surface area contributed by atoms with Crippen LogP contribution in [0.2, 0.25) is 0 Å². The number of hydrogen-bond acceptors (Lipinski definition) is 6. The number of carbonyl (C=O) groups excluding carboxylic acids is 1. The topological polar surface area (TPSA) is 109 Å². The molecule has 8 nitrogen and oxygen atoms in total. The highest BCUT2D eigenvalue weighted by Gasteiger charge is 2.35. The van der Waals surface area contributed by atoms with Crippen LogP contribution in [0.4, 0.5) is 0 Å². The second kappa shape index (κ2) is 7.88. The number of likely N-dealkylation sites (tertiary alicyclic amines) is 1. The number of hydrogen-bond donors (Lipinski definition) is 0. The monoisotopic (exact) mass is 387 g/mol. The average Bonchev–Trinajstić information content (AvgIpc) is 3.13. The molecule has 0 radical (unpaired) electrons. The van der Waals surface area contributed by atoms with Crippen molar-refractivity contribution in [3.8, 4) is 6.07 Å². The summed E-state index contributed by atoms with van der Waals surface area (Å²) in [6, 6.07) is 9.25. The van der Waals surface area contributed by atoms with E-state index in [2.05, 4.69) is 16.3 Å². The molecule has 1 aromatic heterocycles. The molecular formula is C18H21N5O3S. The van der Waals surface area contributed by atoms with Crippen molar-refractivity contribution in [2.75, 3.05) is 13.1 Å². The molecule has 2 aromatic rings. The minimum atomic E-state index is -3.54. The second-order valence-electron chi connectivity index (χ2n) is 6.66. The first kappa shape index (κ1) is 19.0. The summed E-state index contributed by atoms with van der Waals surface area (Å²) in [7, 11) is -1.93. The van der Waals surface area contributed by atoms with Crippen molar-refractivity contribution in [2.45, 2.75) is 36.1 Å². The first-order valence-electron chi connectivity index (χ1n) is 8.76. The highest BCUT2D eigenvalue weighted by atomic mass is 32.2. The lowest BCUT2D eigenvalue weighted by molar-refractivity contribution is -0.132. The summed E-state index contributed by atoms with van der Waals surface area (Å²) >= 11 is 0. The molecule has 0 atom stereocenters. The van der Waals surface area contributed by atoms with Crippen molar-refractivity contribution in [1.82, 2.24) is 19.7 Å². The maximum atomic E-state index is 12.7. The van der Waals surface area contributed by atoms with Gasteiger partial charge >= 0.3 is 0 Å². The SMILES string of the molecule is Cn1cnnc1S(=O)(=O)C1CCN(C(=O)CCc2ccc(C#N)cc2)CC1. The predicted molar refractivity (Wildman–Crippen MR) is 97.3 cm³/mol. The summed E-state index contributed by atoms with van der Waals surface area (Å²) in [5.41, 5.74) is 1.60. The van der Waals surface area contributed by atoms with Gasteiger partial charge in [-0.2, -0.15) is 5.26 Å². The van der Waals surface area contributed by atoms with E-state index < -0.39 is 15.1 Å². The van der Waals surface area contributed by atoms with Crippen LogP contribution in [0.5, 0.6) is 0 Å². The number of nitriles is 1. The van der Waals surface area contributed by atoms with Gasteiger partial charge in [0.05, 0.1) is 16.9 Å². The minimum Gasteiger partial charge on any atom is -0.343 e. The van der Waals surface area contributed by atoms with E-state index in [-0.39, 0.29) is 11.1 Å². The third-order valence-corrected chi connectivity index (χ3v) is 7.10. The van der Waals surface area contributed by atoms with Crippen molar-refractivity contribution in [1.29, 1.82) is 5.26 Å². The van der Waals surface area contributed by atoms with Crippen LogP contribution in [-0.2, 0) is 28.1 Å². The number of piperidine rings is 1. The van der Waals surface area contributed by atoms with Crippen molar-refractivity contribution in [2.24, 2.45) is 7.05 Å². The molecule has 2 heterocycles. The van der Waals surface area contributed by atoms with Crippen LogP contribution in [0.3, 0.4) is 0 Å². The molecule has 0 aliphatic carbocycles. The number of sulfone groups is 1. The van der Waals surface area contributed by atoms with Crippen LogP contribution in [0.15, 0.2) is 35.7 Å². The molecule has 1 aromatic carbocycles. The molecule has 0 unspecified atom stereocenters. The molecule has 1 saturated heterocycles. The maximum Gasteiger partial charge on any atom is 0.249 e. The Bertz CT molecular complexity index is 952. The lowest BCUT2D eigenvalue weighted by atomic mass is 10.1. The molecule has 0 spiro atoms. The first-order valence-corrected chi connectivity index (χ1v) is 10.3. The Hall–Kier alpha value is -2.73. The van der Waals surface area contributed by atoms with E-state index in [0.717, 1.165) is 5.56 Å². The molecule has 0 saturated carbocycles. The van der Waals surface area contributed by atoms with Crippen molar-refractivity contribution < 1.29 is 13.2 Å². The first-order chi connectivity index (χ1) is 12.9. The van der Waals surface area contributed by atoms with E-state index in [1.807, 2.05) is 12.1 Å². The van der Waals surface area contributed by atoms with Gasteiger partial charge in [-0.05, 0) is 37.0 Å². The summed E-state index contributed by atoms with van der Waals surface area (Å²) in [4.78, 5) is 14.2. The molecule has 9 heteroatoms. The number of aromatic nitrogens is 3.